The van der Waals surface area contributed by atoms with Crippen LogP contribution in [0.25, 0.3) is 0 Å². The zero-order valence-corrected chi connectivity index (χ0v) is 12.2. The fraction of sp³-hybridized carbons (Fsp3) is 0.875. The van der Waals surface area contributed by atoms with Gasteiger partial charge in [0, 0.05) is 12.3 Å². The van der Waals surface area contributed by atoms with E-state index in [1.807, 2.05) is 0 Å². The third-order valence-corrected chi connectivity index (χ3v) is 5.28. The van der Waals surface area contributed by atoms with Gasteiger partial charge in [-0.05, 0) is 13.8 Å². The van der Waals surface area contributed by atoms with Gasteiger partial charge in [0.05, 0.1) is 18.1 Å². The van der Waals surface area contributed by atoms with E-state index < -0.39 is 37.4 Å². The van der Waals surface area contributed by atoms with Gasteiger partial charge in [0.2, 0.25) is 10.0 Å². The molecule has 0 spiro atoms. The molecule has 0 saturated heterocycles. The Kier molecular flexibility index (Phi) is 6.04. The van der Waals surface area contributed by atoms with E-state index in [4.69, 9.17) is 10.9 Å². The van der Waals surface area contributed by atoms with Crippen LogP contribution >= 0.6 is 0 Å². The second-order valence-corrected chi connectivity index (χ2v) is 8.48. The van der Waals surface area contributed by atoms with Crippen molar-refractivity contribution >= 4 is 25.7 Å². The van der Waals surface area contributed by atoms with E-state index in [0.29, 0.717) is 0 Å². The first-order valence-electron chi connectivity index (χ1n) is 5.13. The largest absolute Gasteiger partial charge is 0.409 e. The van der Waals surface area contributed by atoms with Gasteiger partial charge in [-0.2, -0.15) is 4.31 Å². The summed E-state index contributed by atoms with van der Waals surface area (Å²) in [5.74, 6) is -1.25. The van der Waals surface area contributed by atoms with Crippen molar-refractivity contribution in [1.82, 2.24) is 4.31 Å². The summed E-state index contributed by atoms with van der Waals surface area (Å²) in [5.41, 5.74) is 5.27. The van der Waals surface area contributed by atoms with Crippen molar-refractivity contribution in [1.29, 1.82) is 0 Å². The normalized spacial score (nSPS) is 14.4. The summed E-state index contributed by atoms with van der Waals surface area (Å²) in [4.78, 5) is 0. The molecule has 0 fully saturated rings. The number of rotatable bonds is 7. The van der Waals surface area contributed by atoms with Crippen molar-refractivity contribution in [2.24, 2.45) is 10.9 Å². The van der Waals surface area contributed by atoms with Crippen molar-refractivity contribution in [3.05, 3.63) is 0 Å². The molecule has 0 heterocycles. The summed E-state index contributed by atoms with van der Waals surface area (Å²) in [6.07, 6.45) is 0.964. The molecule has 0 aliphatic carbocycles. The highest BCUT2D eigenvalue weighted by molar-refractivity contribution is 7.93. The number of oxime groups is 1. The van der Waals surface area contributed by atoms with Crippen molar-refractivity contribution in [3.63, 3.8) is 0 Å². The quantitative estimate of drug-likeness (QED) is 0.263. The van der Waals surface area contributed by atoms with Crippen molar-refractivity contribution < 1.29 is 22.0 Å². The van der Waals surface area contributed by atoms with Crippen LogP contribution in [0.15, 0.2) is 5.16 Å². The molecule has 0 aromatic heterocycles. The summed E-state index contributed by atoms with van der Waals surface area (Å²) in [6.45, 7) is 2.95. The van der Waals surface area contributed by atoms with Gasteiger partial charge >= 0.3 is 0 Å². The lowest BCUT2D eigenvalue weighted by molar-refractivity contribution is 0.312. The van der Waals surface area contributed by atoms with Crippen LogP contribution in [0.3, 0.4) is 0 Å². The summed E-state index contributed by atoms with van der Waals surface area (Å²) in [5, 5.41) is 11.1. The van der Waals surface area contributed by atoms with Crippen LogP contribution in [0.4, 0.5) is 0 Å². The molecule has 0 radical (unpaired) electrons. The second kappa shape index (κ2) is 6.34. The van der Waals surface area contributed by atoms with Crippen LogP contribution < -0.4 is 5.73 Å². The van der Waals surface area contributed by atoms with Gasteiger partial charge in [-0.25, -0.2) is 16.8 Å². The Bertz CT molecular complexity index is 495. The van der Waals surface area contributed by atoms with Gasteiger partial charge in [0.15, 0.2) is 5.84 Å². The van der Waals surface area contributed by atoms with Crippen LogP contribution in [-0.2, 0) is 19.9 Å². The zero-order valence-electron chi connectivity index (χ0n) is 10.6. The third-order valence-electron chi connectivity index (χ3n) is 2.09. The highest BCUT2D eigenvalue weighted by atomic mass is 32.2. The molecule has 0 aliphatic rings. The summed E-state index contributed by atoms with van der Waals surface area (Å²) in [6, 6.07) is -0.421. The van der Waals surface area contributed by atoms with Crippen LogP contribution in [0.2, 0.25) is 0 Å². The lowest BCUT2D eigenvalue weighted by Crippen LogP contribution is -2.44. The number of nitrogens with zero attached hydrogens (tertiary/aromatic N) is 2. The molecule has 0 amide bonds. The van der Waals surface area contributed by atoms with E-state index in [9.17, 15) is 16.8 Å². The molecule has 8 nitrogen and oxygen atoms in total. The number of nitrogens with two attached hydrogens (primary N) is 1. The molecule has 0 rings (SSSR count). The fourth-order valence-corrected chi connectivity index (χ4v) is 4.43. The molecular formula is C8H19N3O5S2. The molecule has 108 valence electrons. The molecule has 0 atom stereocenters. The van der Waals surface area contributed by atoms with Gasteiger partial charge in [0.25, 0.3) is 0 Å². The van der Waals surface area contributed by atoms with Gasteiger partial charge in [0.1, 0.15) is 9.84 Å². The minimum atomic E-state index is -3.78. The molecule has 0 saturated carbocycles. The third kappa shape index (κ3) is 6.17. The minimum Gasteiger partial charge on any atom is -0.409 e. The molecule has 0 aliphatic heterocycles. The average Bonchev–Trinajstić information content (AvgIpc) is 2.21. The van der Waals surface area contributed by atoms with Gasteiger partial charge in [-0.15, -0.1) is 0 Å². The van der Waals surface area contributed by atoms with Gasteiger partial charge < -0.3 is 10.9 Å². The van der Waals surface area contributed by atoms with E-state index in [-0.39, 0.29) is 12.4 Å². The Labute approximate surface area is 107 Å². The molecule has 0 aromatic rings. The molecule has 0 bridgehead atoms. The summed E-state index contributed by atoms with van der Waals surface area (Å²) in [7, 11) is -7.15. The standard InChI is InChI=1S/C8H19N3O5S2/c1-7(2)11(6-8(9)10-12)18(15,16)5-4-17(3,13)14/h7,12H,4-6H2,1-3H3,(H2,9,10). The maximum atomic E-state index is 11.9. The Hall–Kier alpha value is -0.870. The monoisotopic (exact) mass is 301 g/mol. The molecule has 0 unspecified atom stereocenters. The Balaban J connectivity index is 5.00. The first-order chi connectivity index (χ1) is 7.99. The van der Waals surface area contributed by atoms with E-state index >= 15 is 0 Å². The minimum absolute atomic E-state index is 0.258. The van der Waals surface area contributed by atoms with Crippen molar-refractivity contribution in [2.45, 2.75) is 19.9 Å². The smallest absolute Gasteiger partial charge is 0.215 e. The van der Waals surface area contributed by atoms with Crippen molar-refractivity contribution in [2.75, 3.05) is 24.3 Å². The molecule has 3 N–H and O–H groups in total. The number of hydrogen-bond acceptors (Lipinski definition) is 6. The highest BCUT2D eigenvalue weighted by Crippen LogP contribution is 2.08. The van der Waals surface area contributed by atoms with Crippen LogP contribution in [-0.4, -0.2) is 62.5 Å². The first-order valence-corrected chi connectivity index (χ1v) is 8.80. The Morgan fingerprint density at radius 1 is 1.28 bits per heavy atom. The molecular weight excluding hydrogens is 282 g/mol. The van der Waals surface area contributed by atoms with Gasteiger partial charge in [-0.3, -0.25) is 0 Å². The fourth-order valence-electron chi connectivity index (χ4n) is 1.17. The summed E-state index contributed by atoms with van der Waals surface area (Å²) < 4.78 is 46.8. The van der Waals surface area contributed by atoms with Gasteiger partial charge in [-0.1, -0.05) is 5.16 Å². The Morgan fingerprint density at radius 2 is 1.78 bits per heavy atom. The number of sulfonamides is 1. The van der Waals surface area contributed by atoms with Crippen molar-refractivity contribution in [3.8, 4) is 0 Å². The maximum absolute atomic E-state index is 11.9. The lowest BCUT2D eigenvalue weighted by Gasteiger charge is -2.25. The Morgan fingerprint density at radius 3 is 2.11 bits per heavy atom. The number of sulfone groups is 1. The molecule has 10 heteroatoms. The first kappa shape index (κ1) is 17.1. The molecule has 18 heavy (non-hydrogen) atoms. The van der Waals surface area contributed by atoms with Crippen LogP contribution in [0.5, 0.6) is 0 Å². The van der Waals surface area contributed by atoms with E-state index in [0.717, 1.165) is 10.6 Å². The molecule has 0 aromatic carbocycles. The SMILES string of the molecule is CC(C)N(CC(N)=NO)S(=O)(=O)CCS(C)(=O)=O. The lowest BCUT2D eigenvalue weighted by atomic mass is 10.4. The predicted octanol–water partition coefficient (Wildman–Crippen LogP) is -1.18. The second-order valence-electron chi connectivity index (χ2n) is 4.18. The highest BCUT2D eigenvalue weighted by Gasteiger charge is 2.27. The maximum Gasteiger partial charge on any atom is 0.215 e. The van der Waals surface area contributed by atoms with Crippen LogP contribution in [0.1, 0.15) is 13.8 Å². The number of hydrogen-bond donors (Lipinski definition) is 2. The number of amidine groups is 1. The van der Waals surface area contributed by atoms with E-state index in [1.165, 1.54) is 0 Å². The predicted molar refractivity (Wildman–Crippen MR) is 68.7 cm³/mol. The zero-order chi connectivity index (χ0) is 14.6. The topological polar surface area (TPSA) is 130 Å². The van der Waals surface area contributed by atoms with E-state index in [1.54, 1.807) is 13.8 Å². The average molecular weight is 301 g/mol. The van der Waals surface area contributed by atoms with E-state index in [2.05, 4.69) is 5.16 Å². The summed E-state index contributed by atoms with van der Waals surface area (Å²) >= 11 is 0. The van der Waals surface area contributed by atoms with Crippen LogP contribution in [0, 0.1) is 0 Å².